The molecule has 1 nitrogen and oxygen atoms in total. The first-order valence-electron chi connectivity index (χ1n) is 4.24. The van der Waals surface area contributed by atoms with Crippen LogP contribution in [-0.4, -0.2) is 5.78 Å². The Hall–Kier alpha value is -0.550. The Balaban J connectivity index is 3.35. The Morgan fingerprint density at radius 1 is 1.44 bits per heavy atom. The topological polar surface area (TPSA) is 17.1 Å². The number of ketones is 1. The summed E-state index contributed by atoms with van der Waals surface area (Å²) < 4.78 is 38.3. The molecule has 1 atom stereocenters. The van der Waals surface area contributed by atoms with Gasteiger partial charge < -0.3 is 0 Å². The van der Waals surface area contributed by atoms with Crippen LogP contribution >= 0.6 is 27.5 Å². The van der Waals surface area contributed by atoms with Crippen molar-refractivity contribution in [1.82, 2.24) is 0 Å². The van der Waals surface area contributed by atoms with E-state index in [0.29, 0.717) is 4.47 Å². The Morgan fingerprint density at radius 3 is 2.44 bits per heavy atom. The maximum absolute atomic E-state index is 12.6. The zero-order valence-corrected chi connectivity index (χ0v) is 10.4. The van der Waals surface area contributed by atoms with E-state index >= 15 is 0 Å². The predicted molar refractivity (Wildman–Crippen MR) is 58.4 cm³/mol. The average Bonchev–Trinajstić information content (AvgIpc) is 2.14. The van der Waals surface area contributed by atoms with Crippen LogP contribution in [0.5, 0.6) is 0 Å². The number of benzene rings is 1. The summed E-state index contributed by atoms with van der Waals surface area (Å²) in [7, 11) is 0. The van der Waals surface area contributed by atoms with Gasteiger partial charge in [0.25, 0.3) is 0 Å². The van der Waals surface area contributed by atoms with Gasteiger partial charge in [-0.2, -0.15) is 13.2 Å². The summed E-state index contributed by atoms with van der Waals surface area (Å²) in [5.41, 5.74) is -1.11. The largest absolute Gasteiger partial charge is 0.416 e. The molecular formula is C10H7BrClF3O. The highest BCUT2D eigenvalue weighted by Crippen LogP contribution is 2.38. The summed E-state index contributed by atoms with van der Waals surface area (Å²) in [4.78, 5) is 11.0. The number of rotatable bonds is 2. The Morgan fingerprint density at radius 2 is 2.00 bits per heavy atom. The van der Waals surface area contributed by atoms with Crippen LogP contribution in [0.25, 0.3) is 0 Å². The van der Waals surface area contributed by atoms with E-state index in [1.807, 2.05) is 0 Å². The van der Waals surface area contributed by atoms with E-state index in [1.165, 1.54) is 12.1 Å². The third-order valence-corrected chi connectivity index (χ3v) is 2.98. The van der Waals surface area contributed by atoms with Gasteiger partial charge in [0, 0.05) is 4.47 Å². The molecule has 0 radical (unpaired) electrons. The van der Waals surface area contributed by atoms with E-state index in [2.05, 4.69) is 15.9 Å². The van der Waals surface area contributed by atoms with Crippen LogP contribution in [0.15, 0.2) is 22.7 Å². The van der Waals surface area contributed by atoms with E-state index < -0.39 is 22.9 Å². The fraction of sp³-hybridized carbons (Fsp3) is 0.300. The van der Waals surface area contributed by atoms with Crippen molar-refractivity contribution in [3.05, 3.63) is 33.8 Å². The van der Waals surface area contributed by atoms with Gasteiger partial charge in [-0.1, -0.05) is 15.9 Å². The second kappa shape index (κ2) is 4.75. The zero-order chi connectivity index (χ0) is 12.5. The maximum Gasteiger partial charge on any atom is 0.416 e. The van der Waals surface area contributed by atoms with Crippen molar-refractivity contribution < 1.29 is 18.0 Å². The highest BCUT2D eigenvalue weighted by atomic mass is 79.9. The molecule has 1 rings (SSSR count). The molecule has 1 aromatic carbocycles. The van der Waals surface area contributed by atoms with Gasteiger partial charge in [0.1, 0.15) is 5.38 Å². The predicted octanol–water partition coefficient (Wildman–Crippen LogP) is 4.34. The summed E-state index contributed by atoms with van der Waals surface area (Å²) in [6, 6.07) is 3.37. The second-order valence-corrected chi connectivity index (χ2v) is 4.55. The fourth-order valence-corrected chi connectivity index (χ4v) is 1.78. The van der Waals surface area contributed by atoms with Crippen LogP contribution in [0.3, 0.4) is 0 Å². The summed E-state index contributed by atoms with van der Waals surface area (Å²) in [6.07, 6.45) is -4.52. The van der Waals surface area contributed by atoms with Crippen molar-refractivity contribution in [3.8, 4) is 0 Å². The third kappa shape index (κ3) is 2.98. The van der Waals surface area contributed by atoms with Crippen molar-refractivity contribution >= 4 is 33.3 Å². The van der Waals surface area contributed by atoms with E-state index in [-0.39, 0.29) is 5.56 Å². The number of carbonyl (C=O) groups excluding carboxylic acids is 1. The highest BCUT2D eigenvalue weighted by Gasteiger charge is 2.35. The van der Waals surface area contributed by atoms with Crippen molar-refractivity contribution in [1.29, 1.82) is 0 Å². The highest BCUT2D eigenvalue weighted by molar-refractivity contribution is 9.10. The SMILES string of the molecule is CC(=O)C(Cl)c1cc(Br)ccc1C(F)(F)F. The first-order valence-corrected chi connectivity index (χ1v) is 5.47. The normalized spacial score (nSPS) is 13.6. The molecule has 88 valence electrons. The molecule has 0 aliphatic heterocycles. The van der Waals surface area contributed by atoms with Crippen molar-refractivity contribution in [2.24, 2.45) is 0 Å². The average molecular weight is 316 g/mol. The Kier molecular flexibility index (Phi) is 4.02. The Bertz CT molecular complexity index is 417. The zero-order valence-electron chi connectivity index (χ0n) is 8.11. The molecule has 16 heavy (non-hydrogen) atoms. The Labute approximate surface area is 104 Å². The molecule has 0 N–H and O–H groups in total. The third-order valence-electron chi connectivity index (χ3n) is 1.95. The molecule has 1 aromatic rings. The summed E-state index contributed by atoms with van der Waals surface area (Å²) >= 11 is 8.70. The molecule has 0 bridgehead atoms. The van der Waals surface area contributed by atoms with E-state index in [0.717, 1.165) is 13.0 Å². The number of Topliss-reactive ketones (excluding diaryl/α,β-unsaturated/α-hetero) is 1. The molecule has 1 unspecified atom stereocenters. The molecule has 0 saturated carbocycles. The van der Waals surface area contributed by atoms with E-state index in [9.17, 15) is 18.0 Å². The smallest absolute Gasteiger partial charge is 0.298 e. The van der Waals surface area contributed by atoms with Crippen LogP contribution < -0.4 is 0 Å². The minimum Gasteiger partial charge on any atom is -0.298 e. The van der Waals surface area contributed by atoms with Gasteiger partial charge in [-0.3, -0.25) is 4.79 Å². The number of alkyl halides is 4. The maximum atomic E-state index is 12.6. The van der Waals surface area contributed by atoms with Gasteiger partial charge in [0.2, 0.25) is 0 Å². The fourth-order valence-electron chi connectivity index (χ4n) is 1.22. The molecule has 0 fully saturated rings. The lowest BCUT2D eigenvalue weighted by Crippen LogP contribution is -2.13. The number of carbonyl (C=O) groups is 1. The second-order valence-electron chi connectivity index (χ2n) is 3.20. The van der Waals surface area contributed by atoms with Crippen LogP contribution in [0, 0.1) is 0 Å². The molecule has 0 aliphatic rings. The minimum atomic E-state index is -4.52. The first-order chi connectivity index (χ1) is 7.23. The van der Waals surface area contributed by atoms with Gasteiger partial charge in [-0.25, -0.2) is 0 Å². The van der Waals surface area contributed by atoms with Crippen LogP contribution in [0.4, 0.5) is 13.2 Å². The summed E-state index contributed by atoms with van der Waals surface area (Å²) in [6.45, 7) is 1.15. The van der Waals surface area contributed by atoms with Crippen LogP contribution in [-0.2, 0) is 11.0 Å². The van der Waals surface area contributed by atoms with E-state index in [1.54, 1.807) is 0 Å². The lowest BCUT2D eigenvalue weighted by Gasteiger charge is -2.15. The lowest BCUT2D eigenvalue weighted by molar-refractivity contribution is -0.138. The lowest BCUT2D eigenvalue weighted by atomic mass is 10.0. The molecule has 0 spiro atoms. The molecular weight excluding hydrogens is 308 g/mol. The summed E-state index contributed by atoms with van der Waals surface area (Å²) in [5.74, 6) is -0.523. The quantitative estimate of drug-likeness (QED) is 0.742. The minimum absolute atomic E-state index is 0.226. The standard InChI is InChI=1S/C10H7BrClF3O/c1-5(16)9(12)7-4-6(11)2-3-8(7)10(13,14)15/h2-4,9H,1H3. The van der Waals surface area contributed by atoms with E-state index in [4.69, 9.17) is 11.6 Å². The molecule has 0 heterocycles. The van der Waals surface area contributed by atoms with Crippen LogP contribution in [0.1, 0.15) is 23.4 Å². The molecule has 0 aliphatic carbocycles. The molecule has 0 amide bonds. The molecule has 6 heteroatoms. The molecule has 0 saturated heterocycles. The van der Waals surface area contributed by atoms with Crippen molar-refractivity contribution in [3.63, 3.8) is 0 Å². The van der Waals surface area contributed by atoms with Gasteiger partial charge in [-0.15, -0.1) is 11.6 Å². The van der Waals surface area contributed by atoms with Gasteiger partial charge in [0.15, 0.2) is 5.78 Å². The first kappa shape index (κ1) is 13.5. The van der Waals surface area contributed by atoms with Crippen molar-refractivity contribution in [2.45, 2.75) is 18.5 Å². The monoisotopic (exact) mass is 314 g/mol. The van der Waals surface area contributed by atoms with Crippen LogP contribution in [0.2, 0.25) is 0 Å². The number of hydrogen-bond donors (Lipinski definition) is 0. The number of halogens is 5. The molecule has 0 aromatic heterocycles. The van der Waals surface area contributed by atoms with Gasteiger partial charge in [-0.05, 0) is 30.7 Å². The number of hydrogen-bond acceptors (Lipinski definition) is 1. The van der Waals surface area contributed by atoms with Gasteiger partial charge >= 0.3 is 6.18 Å². The summed E-state index contributed by atoms with van der Waals surface area (Å²) in [5, 5.41) is -1.28. The van der Waals surface area contributed by atoms with Crippen molar-refractivity contribution in [2.75, 3.05) is 0 Å². The van der Waals surface area contributed by atoms with Gasteiger partial charge in [0.05, 0.1) is 5.56 Å².